The van der Waals surface area contributed by atoms with Crippen LogP contribution in [0.3, 0.4) is 0 Å². The Morgan fingerprint density at radius 2 is 1.83 bits per heavy atom. The maximum atomic E-state index is 14.2. The average Bonchev–Trinajstić information content (AvgIpc) is 2.54. The minimum Gasteiger partial charge on any atom is -0.309 e. The van der Waals surface area contributed by atoms with Gasteiger partial charge in [0.25, 0.3) is 0 Å². The first-order chi connectivity index (χ1) is 10.9. The zero-order chi connectivity index (χ0) is 17.0. The molecular formula is C18H16F3NO. The van der Waals surface area contributed by atoms with Gasteiger partial charge >= 0.3 is 6.11 Å². The quantitative estimate of drug-likeness (QED) is 0.769. The van der Waals surface area contributed by atoms with Crippen molar-refractivity contribution in [3.63, 3.8) is 0 Å². The molecule has 0 fully saturated rings. The van der Waals surface area contributed by atoms with Gasteiger partial charge in [0.2, 0.25) is 0 Å². The van der Waals surface area contributed by atoms with Crippen LogP contribution in [0, 0.1) is 17.1 Å². The Balaban J connectivity index is 2.18. The molecule has 2 aromatic rings. The van der Waals surface area contributed by atoms with Gasteiger partial charge in [-0.3, -0.25) is 0 Å². The number of alkyl halides is 2. The molecule has 0 aliphatic rings. The fraction of sp³-hybridized carbons (Fsp3) is 0.278. The molecular weight excluding hydrogens is 303 g/mol. The van der Waals surface area contributed by atoms with E-state index in [1.54, 1.807) is 18.2 Å². The van der Waals surface area contributed by atoms with Crippen LogP contribution in [0.5, 0.6) is 0 Å². The molecule has 0 radical (unpaired) electrons. The van der Waals surface area contributed by atoms with E-state index in [1.807, 2.05) is 6.92 Å². The second-order valence-electron chi connectivity index (χ2n) is 5.18. The summed E-state index contributed by atoms with van der Waals surface area (Å²) in [5, 5.41) is 8.68. The van der Waals surface area contributed by atoms with Crippen molar-refractivity contribution in [3.05, 3.63) is 70.5 Å². The molecule has 5 heteroatoms. The van der Waals surface area contributed by atoms with Crippen LogP contribution in [0.4, 0.5) is 13.2 Å². The summed E-state index contributed by atoms with van der Waals surface area (Å²) < 4.78 is 46.8. The fourth-order valence-electron chi connectivity index (χ4n) is 2.17. The van der Waals surface area contributed by atoms with E-state index in [0.29, 0.717) is 0 Å². The van der Waals surface area contributed by atoms with Crippen molar-refractivity contribution >= 4 is 0 Å². The molecule has 2 aromatic carbocycles. The van der Waals surface area contributed by atoms with Crippen LogP contribution in [0.25, 0.3) is 0 Å². The Bertz CT molecular complexity index is 720. The normalized spacial score (nSPS) is 12.7. The highest BCUT2D eigenvalue weighted by Gasteiger charge is 2.35. The summed E-state index contributed by atoms with van der Waals surface area (Å²) in [5.41, 5.74) is 0.802. The number of nitriles is 1. The monoisotopic (exact) mass is 319 g/mol. The van der Waals surface area contributed by atoms with Gasteiger partial charge in [-0.15, -0.1) is 0 Å². The van der Waals surface area contributed by atoms with Crippen LogP contribution in [-0.4, -0.2) is 0 Å². The zero-order valence-corrected chi connectivity index (χ0v) is 12.8. The number of rotatable bonds is 5. The summed E-state index contributed by atoms with van der Waals surface area (Å²) in [4.78, 5) is 0. The number of halogens is 3. The highest BCUT2D eigenvalue weighted by Crippen LogP contribution is 2.35. The van der Waals surface area contributed by atoms with Crippen molar-refractivity contribution in [1.82, 2.24) is 0 Å². The minimum atomic E-state index is -3.49. The van der Waals surface area contributed by atoms with Crippen molar-refractivity contribution in [2.24, 2.45) is 0 Å². The maximum absolute atomic E-state index is 14.2. The molecule has 0 heterocycles. The first-order valence-corrected chi connectivity index (χ1v) is 7.22. The van der Waals surface area contributed by atoms with Crippen LogP contribution < -0.4 is 0 Å². The van der Waals surface area contributed by atoms with Crippen molar-refractivity contribution in [2.45, 2.75) is 32.5 Å². The number of hydrogen-bond acceptors (Lipinski definition) is 2. The molecule has 0 saturated heterocycles. The summed E-state index contributed by atoms with van der Waals surface area (Å²) in [5.74, 6) is -0.754. The largest absolute Gasteiger partial charge is 0.383 e. The Kier molecular flexibility index (Phi) is 5.07. The van der Waals surface area contributed by atoms with Gasteiger partial charge < -0.3 is 4.74 Å². The molecule has 0 aliphatic heterocycles. The van der Waals surface area contributed by atoms with Crippen molar-refractivity contribution in [3.8, 4) is 6.07 Å². The molecule has 120 valence electrons. The van der Waals surface area contributed by atoms with E-state index < -0.39 is 18.0 Å². The Labute approximate surface area is 133 Å². The predicted octanol–water partition coefficient (Wildman–Crippen LogP) is 5.09. The maximum Gasteiger partial charge on any atom is 0.383 e. The standard InChI is InChI=1S/C18H16F3NO/c1-3-13-4-8-16(9-5-13)18(20,21)23-12(2)14-6-7-15(11-22)17(19)10-14/h4-10,12H,3H2,1-2H3. The Morgan fingerprint density at radius 1 is 1.17 bits per heavy atom. The fourth-order valence-corrected chi connectivity index (χ4v) is 2.17. The van der Waals surface area contributed by atoms with E-state index in [9.17, 15) is 13.2 Å². The van der Waals surface area contributed by atoms with E-state index in [2.05, 4.69) is 0 Å². The van der Waals surface area contributed by atoms with Gasteiger partial charge in [-0.05, 0) is 36.6 Å². The van der Waals surface area contributed by atoms with E-state index >= 15 is 0 Å². The highest BCUT2D eigenvalue weighted by molar-refractivity contribution is 5.34. The van der Waals surface area contributed by atoms with Crippen LogP contribution in [0.2, 0.25) is 0 Å². The summed E-state index contributed by atoms with van der Waals surface area (Å²) >= 11 is 0. The molecule has 2 rings (SSSR count). The second-order valence-corrected chi connectivity index (χ2v) is 5.18. The van der Waals surface area contributed by atoms with Crippen molar-refractivity contribution in [2.75, 3.05) is 0 Å². The summed E-state index contributed by atoms with van der Waals surface area (Å²) in [6, 6.07) is 11.3. The van der Waals surface area contributed by atoms with Gasteiger partial charge in [-0.2, -0.15) is 14.0 Å². The first kappa shape index (κ1) is 17.0. The van der Waals surface area contributed by atoms with E-state index in [-0.39, 0.29) is 16.7 Å². The lowest BCUT2D eigenvalue weighted by Gasteiger charge is -2.22. The molecule has 0 saturated carbocycles. The van der Waals surface area contributed by atoms with Gasteiger partial charge in [0.05, 0.1) is 17.2 Å². The molecule has 0 N–H and O–H groups in total. The van der Waals surface area contributed by atoms with E-state index in [0.717, 1.165) is 18.1 Å². The second kappa shape index (κ2) is 6.84. The van der Waals surface area contributed by atoms with Crippen LogP contribution in [0.1, 0.15) is 42.2 Å². The molecule has 1 atom stereocenters. The van der Waals surface area contributed by atoms with Gasteiger partial charge in [0.1, 0.15) is 11.9 Å². The Hall–Kier alpha value is -2.32. The number of nitrogens with zero attached hydrogens (tertiary/aromatic N) is 1. The van der Waals surface area contributed by atoms with E-state index in [4.69, 9.17) is 10.00 Å². The summed E-state index contributed by atoms with van der Waals surface area (Å²) in [6.07, 6.45) is -3.76. The van der Waals surface area contributed by atoms with Gasteiger partial charge in [0, 0.05) is 0 Å². The van der Waals surface area contributed by atoms with Gasteiger partial charge in [-0.25, -0.2) is 4.39 Å². The van der Waals surface area contributed by atoms with Crippen LogP contribution >= 0.6 is 0 Å². The number of hydrogen-bond donors (Lipinski definition) is 0. The minimum absolute atomic E-state index is 0.136. The lowest BCUT2D eigenvalue weighted by atomic mass is 10.1. The molecule has 0 bridgehead atoms. The lowest BCUT2D eigenvalue weighted by Crippen LogP contribution is -2.20. The molecule has 0 amide bonds. The number of ether oxygens (including phenoxy) is 1. The molecule has 1 unspecified atom stereocenters. The van der Waals surface area contributed by atoms with Crippen LogP contribution in [-0.2, 0) is 17.3 Å². The molecule has 0 aliphatic carbocycles. The smallest absolute Gasteiger partial charge is 0.309 e. The third-order valence-corrected chi connectivity index (χ3v) is 3.61. The zero-order valence-electron chi connectivity index (χ0n) is 12.8. The molecule has 0 aromatic heterocycles. The Morgan fingerprint density at radius 3 is 2.35 bits per heavy atom. The SMILES string of the molecule is CCc1ccc(C(F)(F)OC(C)c2ccc(C#N)c(F)c2)cc1. The molecule has 23 heavy (non-hydrogen) atoms. The molecule has 2 nitrogen and oxygen atoms in total. The van der Waals surface area contributed by atoms with Gasteiger partial charge in [0.15, 0.2) is 0 Å². The summed E-state index contributed by atoms with van der Waals surface area (Å²) in [7, 11) is 0. The third kappa shape index (κ3) is 3.91. The first-order valence-electron chi connectivity index (χ1n) is 7.22. The third-order valence-electron chi connectivity index (χ3n) is 3.61. The highest BCUT2D eigenvalue weighted by atomic mass is 19.3. The van der Waals surface area contributed by atoms with Crippen molar-refractivity contribution in [1.29, 1.82) is 5.26 Å². The predicted molar refractivity (Wildman–Crippen MR) is 80.3 cm³/mol. The number of benzene rings is 2. The van der Waals surface area contributed by atoms with Gasteiger partial charge in [-0.1, -0.05) is 37.3 Å². The lowest BCUT2D eigenvalue weighted by molar-refractivity contribution is -0.272. The summed E-state index contributed by atoms with van der Waals surface area (Å²) in [6.45, 7) is 3.35. The molecule has 0 spiro atoms. The van der Waals surface area contributed by atoms with E-state index in [1.165, 1.54) is 31.2 Å². The number of aryl methyl sites for hydroxylation is 1. The topological polar surface area (TPSA) is 33.0 Å². The van der Waals surface area contributed by atoms with Crippen LogP contribution in [0.15, 0.2) is 42.5 Å². The average molecular weight is 319 g/mol. The van der Waals surface area contributed by atoms with Crippen molar-refractivity contribution < 1.29 is 17.9 Å².